The molecule has 0 unspecified atom stereocenters. The summed E-state index contributed by atoms with van der Waals surface area (Å²) in [5, 5.41) is 4.40. The molecule has 29 heavy (non-hydrogen) atoms. The van der Waals surface area contributed by atoms with Gasteiger partial charge in [-0.15, -0.1) is 0 Å². The largest absolute Gasteiger partial charge is 0.351 e. The van der Waals surface area contributed by atoms with Gasteiger partial charge in [0.1, 0.15) is 5.82 Å². The van der Waals surface area contributed by atoms with Crippen LogP contribution in [0.25, 0.3) is 10.9 Å². The average molecular weight is 382 g/mol. The molecule has 6 heteroatoms. The summed E-state index contributed by atoms with van der Waals surface area (Å²) in [5.74, 6) is 1.59. The summed E-state index contributed by atoms with van der Waals surface area (Å²) >= 11 is 0. The van der Waals surface area contributed by atoms with E-state index >= 15 is 0 Å². The van der Waals surface area contributed by atoms with Crippen LogP contribution in [-0.4, -0.2) is 26.5 Å². The number of rotatable bonds is 4. The van der Waals surface area contributed by atoms with Crippen LogP contribution in [0.5, 0.6) is 0 Å². The molecule has 0 spiro atoms. The van der Waals surface area contributed by atoms with Gasteiger partial charge in [-0.25, -0.2) is 4.98 Å². The molecule has 3 heterocycles. The van der Waals surface area contributed by atoms with Crippen molar-refractivity contribution in [3.63, 3.8) is 0 Å². The molecule has 0 amide bonds. The molecule has 2 aromatic carbocycles. The Kier molecular flexibility index (Phi) is 4.52. The van der Waals surface area contributed by atoms with E-state index in [9.17, 15) is 0 Å². The summed E-state index contributed by atoms with van der Waals surface area (Å²) in [5.41, 5.74) is 5.50. The lowest BCUT2D eigenvalue weighted by atomic mass is 10.00. The summed E-state index contributed by atoms with van der Waals surface area (Å²) in [6.45, 7) is 4.27. The highest BCUT2D eigenvalue weighted by atomic mass is 15.2. The zero-order valence-corrected chi connectivity index (χ0v) is 16.3. The molecule has 2 aromatic heterocycles. The number of fused-ring (bicyclic) bond motifs is 2. The van der Waals surface area contributed by atoms with Crippen LogP contribution in [-0.2, 0) is 19.5 Å². The summed E-state index contributed by atoms with van der Waals surface area (Å²) in [6.07, 6.45) is 4.58. The molecule has 0 atom stereocenters. The van der Waals surface area contributed by atoms with Crippen LogP contribution in [0, 0.1) is 6.92 Å². The van der Waals surface area contributed by atoms with Crippen molar-refractivity contribution in [2.45, 2.75) is 26.4 Å². The molecule has 5 rings (SSSR count). The van der Waals surface area contributed by atoms with E-state index < -0.39 is 0 Å². The third-order valence-corrected chi connectivity index (χ3v) is 5.28. The zero-order chi connectivity index (χ0) is 19.6. The SMILES string of the molecule is Cc1cnc(CNc2nc(N3CCc4ccccc4C3)c3ccccc3n2)cn1. The number of aryl methyl sites for hydroxylation is 1. The van der Waals surface area contributed by atoms with E-state index in [-0.39, 0.29) is 0 Å². The van der Waals surface area contributed by atoms with Crippen molar-refractivity contribution < 1.29 is 0 Å². The van der Waals surface area contributed by atoms with Gasteiger partial charge in [-0.1, -0.05) is 36.4 Å². The fourth-order valence-electron chi connectivity index (χ4n) is 3.74. The Morgan fingerprint density at radius 1 is 0.931 bits per heavy atom. The normalized spacial score (nSPS) is 13.3. The highest BCUT2D eigenvalue weighted by molar-refractivity contribution is 5.90. The Hall–Kier alpha value is -3.54. The number of hydrogen-bond donors (Lipinski definition) is 1. The van der Waals surface area contributed by atoms with Crippen LogP contribution >= 0.6 is 0 Å². The van der Waals surface area contributed by atoms with E-state index in [4.69, 9.17) is 9.97 Å². The van der Waals surface area contributed by atoms with E-state index in [1.807, 2.05) is 25.1 Å². The summed E-state index contributed by atoms with van der Waals surface area (Å²) < 4.78 is 0. The first-order valence-electron chi connectivity index (χ1n) is 9.86. The number of aromatic nitrogens is 4. The molecule has 1 aliphatic heterocycles. The molecule has 0 saturated heterocycles. The maximum Gasteiger partial charge on any atom is 0.225 e. The molecule has 1 aliphatic rings. The number of nitrogens with zero attached hydrogens (tertiary/aromatic N) is 5. The van der Waals surface area contributed by atoms with Gasteiger partial charge >= 0.3 is 0 Å². The van der Waals surface area contributed by atoms with Crippen molar-refractivity contribution >= 4 is 22.7 Å². The van der Waals surface area contributed by atoms with Crippen LogP contribution in [0.3, 0.4) is 0 Å². The van der Waals surface area contributed by atoms with Crippen molar-refractivity contribution in [3.8, 4) is 0 Å². The zero-order valence-electron chi connectivity index (χ0n) is 16.3. The number of nitrogens with one attached hydrogen (secondary N) is 1. The molecule has 0 bridgehead atoms. The van der Waals surface area contributed by atoms with Gasteiger partial charge in [0.25, 0.3) is 0 Å². The Morgan fingerprint density at radius 3 is 2.62 bits per heavy atom. The van der Waals surface area contributed by atoms with Gasteiger partial charge < -0.3 is 10.2 Å². The van der Waals surface area contributed by atoms with Gasteiger partial charge in [-0.2, -0.15) is 4.98 Å². The van der Waals surface area contributed by atoms with Crippen LogP contribution in [0.1, 0.15) is 22.5 Å². The second-order valence-corrected chi connectivity index (χ2v) is 7.33. The number of benzene rings is 2. The minimum Gasteiger partial charge on any atom is -0.351 e. The predicted molar refractivity (Wildman–Crippen MR) is 115 cm³/mol. The van der Waals surface area contributed by atoms with E-state index in [2.05, 4.69) is 50.5 Å². The predicted octanol–water partition coefficient (Wildman–Crippen LogP) is 3.90. The molecule has 1 N–H and O–H groups in total. The molecule has 6 nitrogen and oxygen atoms in total. The second kappa shape index (κ2) is 7.47. The molecular weight excluding hydrogens is 360 g/mol. The third kappa shape index (κ3) is 3.61. The minimum atomic E-state index is 0.536. The van der Waals surface area contributed by atoms with Crippen molar-refractivity contribution in [2.24, 2.45) is 0 Å². The highest BCUT2D eigenvalue weighted by Gasteiger charge is 2.20. The molecular formula is C23H22N6. The van der Waals surface area contributed by atoms with Gasteiger partial charge in [0, 0.05) is 24.7 Å². The Morgan fingerprint density at radius 2 is 1.76 bits per heavy atom. The lowest BCUT2D eigenvalue weighted by Crippen LogP contribution is -2.31. The first-order valence-corrected chi connectivity index (χ1v) is 9.86. The van der Waals surface area contributed by atoms with Crippen molar-refractivity contribution in [3.05, 3.63) is 83.4 Å². The maximum atomic E-state index is 4.89. The van der Waals surface area contributed by atoms with Crippen LogP contribution in [0.15, 0.2) is 60.9 Å². The lowest BCUT2D eigenvalue weighted by molar-refractivity contribution is 0.723. The van der Waals surface area contributed by atoms with E-state index in [0.717, 1.165) is 47.6 Å². The average Bonchev–Trinajstić information content (AvgIpc) is 2.78. The Balaban J connectivity index is 1.47. The summed E-state index contributed by atoms with van der Waals surface area (Å²) in [6, 6.07) is 16.8. The first-order chi connectivity index (χ1) is 14.3. The van der Waals surface area contributed by atoms with Gasteiger partial charge in [0.2, 0.25) is 5.95 Å². The van der Waals surface area contributed by atoms with Crippen molar-refractivity contribution in [1.29, 1.82) is 0 Å². The fourth-order valence-corrected chi connectivity index (χ4v) is 3.74. The monoisotopic (exact) mass is 382 g/mol. The molecule has 0 fully saturated rings. The smallest absolute Gasteiger partial charge is 0.225 e. The topological polar surface area (TPSA) is 66.8 Å². The Labute approximate surface area is 169 Å². The van der Waals surface area contributed by atoms with Crippen LogP contribution < -0.4 is 10.2 Å². The number of para-hydroxylation sites is 1. The maximum absolute atomic E-state index is 4.89. The molecule has 0 radical (unpaired) electrons. The minimum absolute atomic E-state index is 0.536. The van der Waals surface area contributed by atoms with Crippen LogP contribution in [0.2, 0.25) is 0 Å². The van der Waals surface area contributed by atoms with Crippen molar-refractivity contribution in [2.75, 3.05) is 16.8 Å². The second-order valence-electron chi connectivity index (χ2n) is 7.33. The first kappa shape index (κ1) is 17.6. The van der Waals surface area contributed by atoms with Gasteiger partial charge in [-0.3, -0.25) is 9.97 Å². The summed E-state index contributed by atoms with van der Waals surface area (Å²) in [7, 11) is 0. The van der Waals surface area contributed by atoms with Gasteiger partial charge in [0.15, 0.2) is 0 Å². The summed E-state index contributed by atoms with van der Waals surface area (Å²) in [4.78, 5) is 20.7. The molecule has 4 aromatic rings. The van der Waals surface area contributed by atoms with Crippen LogP contribution in [0.4, 0.5) is 11.8 Å². The van der Waals surface area contributed by atoms with Gasteiger partial charge in [-0.05, 0) is 36.6 Å². The number of hydrogen-bond acceptors (Lipinski definition) is 6. The molecule has 0 saturated carbocycles. The van der Waals surface area contributed by atoms with E-state index in [0.29, 0.717) is 12.5 Å². The fraction of sp³-hybridized carbons (Fsp3) is 0.217. The standard InChI is InChI=1S/C23H22N6/c1-16-12-25-19(13-24-16)14-26-23-27-21-9-5-4-8-20(21)22(28-23)29-11-10-17-6-2-3-7-18(17)15-29/h2-9,12-13H,10-11,14-15H2,1H3,(H,26,27,28). The van der Waals surface area contributed by atoms with Gasteiger partial charge in [0.05, 0.1) is 29.6 Å². The van der Waals surface area contributed by atoms with Crippen molar-refractivity contribution in [1.82, 2.24) is 19.9 Å². The highest BCUT2D eigenvalue weighted by Crippen LogP contribution is 2.29. The quantitative estimate of drug-likeness (QED) is 0.577. The third-order valence-electron chi connectivity index (χ3n) is 5.28. The molecule has 0 aliphatic carbocycles. The molecule has 144 valence electrons. The van der Waals surface area contributed by atoms with E-state index in [1.165, 1.54) is 11.1 Å². The Bertz CT molecular complexity index is 1160. The number of anilines is 2. The van der Waals surface area contributed by atoms with E-state index in [1.54, 1.807) is 12.4 Å². The lowest BCUT2D eigenvalue weighted by Gasteiger charge is -2.30.